The summed E-state index contributed by atoms with van der Waals surface area (Å²) in [5.74, 6) is 0.310. The van der Waals surface area contributed by atoms with E-state index in [-0.39, 0.29) is 0 Å². The molecule has 0 amide bonds. The molecule has 29 heavy (non-hydrogen) atoms. The summed E-state index contributed by atoms with van der Waals surface area (Å²) < 4.78 is 0. The second-order valence-corrected chi connectivity index (χ2v) is 7.55. The van der Waals surface area contributed by atoms with Gasteiger partial charge in [-0.2, -0.15) is 0 Å². The van der Waals surface area contributed by atoms with Gasteiger partial charge in [-0.1, -0.05) is 84.9 Å². The lowest BCUT2D eigenvalue weighted by Crippen LogP contribution is -2.47. The van der Waals surface area contributed by atoms with Gasteiger partial charge in [0.1, 0.15) is 5.75 Å². The monoisotopic (exact) mass is 384 g/mol. The number of hydrogen-bond donors (Lipinski definition) is 1. The molecule has 0 unspecified atom stereocenters. The summed E-state index contributed by atoms with van der Waals surface area (Å²) in [6.07, 6.45) is 4.34. The molecule has 1 fully saturated rings. The smallest absolute Gasteiger partial charge is 0.115 e. The van der Waals surface area contributed by atoms with Crippen molar-refractivity contribution in [3.05, 3.63) is 108 Å². The summed E-state index contributed by atoms with van der Waals surface area (Å²) in [5.41, 5.74) is 3.84. The van der Waals surface area contributed by atoms with Crippen LogP contribution in [-0.4, -0.2) is 47.6 Å². The van der Waals surface area contributed by atoms with Crippen molar-refractivity contribution < 1.29 is 5.11 Å². The number of phenolic OH excluding ortho intramolecular Hbond substituents is 1. The predicted molar refractivity (Wildman–Crippen MR) is 120 cm³/mol. The number of benzene rings is 3. The molecule has 0 spiro atoms. The van der Waals surface area contributed by atoms with Gasteiger partial charge in [0.2, 0.25) is 0 Å². The minimum Gasteiger partial charge on any atom is -0.508 e. The summed E-state index contributed by atoms with van der Waals surface area (Å²) in [6, 6.07) is 29.3. The Labute approximate surface area is 173 Å². The first kappa shape index (κ1) is 19.4. The molecule has 3 aromatic rings. The summed E-state index contributed by atoms with van der Waals surface area (Å²) in [6.45, 7) is 5.20. The van der Waals surface area contributed by atoms with E-state index in [4.69, 9.17) is 0 Å². The molecule has 1 aliphatic rings. The van der Waals surface area contributed by atoms with E-state index in [9.17, 15) is 5.11 Å². The molecule has 3 nitrogen and oxygen atoms in total. The van der Waals surface area contributed by atoms with Gasteiger partial charge in [0.15, 0.2) is 0 Å². The van der Waals surface area contributed by atoms with Crippen molar-refractivity contribution in [1.29, 1.82) is 0 Å². The Balaban J connectivity index is 1.38. The highest BCUT2D eigenvalue weighted by Crippen LogP contribution is 2.29. The van der Waals surface area contributed by atoms with Crippen LogP contribution >= 0.6 is 0 Å². The van der Waals surface area contributed by atoms with E-state index in [1.54, 1.807) is 12.1 Å². The van der Waals surface area contributed by atoms with Crippen LogP contribution in [0.5, 0.6) is 5.75 Å². The Kier molecular flexibility index (Phi) is 6.40. The quantitative estimate of drug-likeness (QED) is 0.660. The molecule has 0 radical (unpaired) electrons. The zero-order valence-corrected chi connectivity index (χ0v) is 16.7. The van der Waals surface area contributed by atoms with Gasteiger partial charge in [-0.25, -0.2) is 0 Å². The second-order valence-electron chi connectivity index (χ2n) is 7.55. The first-order chi connectivity index (χ1) is 14.3. The van der Waals surface area contributed by atoms with Crippen LogP contribution in [0.1, 0.15) is 22.7 Å². The third kappa shape index (κ3) is 5.14. The van der Waals surface area contributed by atoms with Crippen LogP contribution in [0.25, 0.3) is 6.08 Å². The molecule has 3 aromatic carbocycles. The minimum atomic E-state index is 0.310. The lowest BCUT2D eigenvalue weighted by molar-refractivity contribution is 0.118. The second kappa shape index (κ2) is 9.55. The van der Waals surface area contributed by atoms with Crippen LogP contribution in [0.3, 0.4) is 0 Å². The standard InChI is InChI=1S/C26H28N2O/c29-25-15-13-22(14-16-25)8-7-17-27-18-20-28(21-19-27)26(23-9-3-1-4-10-23)24-11-5-2-6-12-24/h1-16,26,29H,17-21H2. The van der Waals surface area contributed by atoms with Gasteiger partial charge < -0.3 is 5.11 Å². The maximum atomic E-state index is 9.38. The highest BCUT2D eigenvalue weighted by Gasteiger charge is 2.25. The predicted octanol–water partition coefficient (Wildman–Crippen LogP) is 4.81. The van der Waals surface area contributed by atoms with Gasteiger partial charge in [-0.3, -0.25) is 9.80 Å². The fourth-order valence-corrected chi connectivity index (χ4v) is 4.01. The van der Waals surface area contributed by atoms with Crippen molar-refractivity contribution in [3.8, 4) is 5.75 Å². The Morgan fingerprint density at radius 3 is 1.83 bits per heavy atom. The van der Waals surface area contributed by atoms with Crippen molar-refractivity contribution in [3.63, 3.8) is 0 Å². The first-order valence-corrected chi connectivity index (χ1v) is 10.3. The van der Waals surface area contributed by atoms with Gasteiger partial charge in [0.25, 0.3) is 0 Å². The molecule has 0 atom stereocenters. The summed E-state index contributed by atoms with van der Waals surface area (Å²) in [5, 5.41) is 9.38. The van der Waals surface area contributed by atoms with Gasteiger partial charge in [0.05, 0.1) is 6.04 Å². The van der Waals surface area contributed by atoms with Crippen molar-refractivity contribution in [1.82, 2.24) is 9.80 Å². The Morgan fingerprint density at radius 1 is 0.724 bits per heavy atom. The minimum absolute atomic E-state index is 0.310. The Bertz CT molecular complexity index is 859. The first-order valence-electron chi connectivity index (χ1n) is 10.3. The van der Waals surface area contributed by atoms with Gasteiger partial charge in [-0.05, 0) is 28.8 Å². The number of piperazine rings is 1. The summed E-state index contributed by atoms with van der Waals surface area (Å²) >= 11 is 0. The zero-order valence-electron chi connectivity index (χ0n) is 16.7. The van der Waals surface area contributed by atoms with Crippen LogP contribution in [0.2, 0.25) is 0 Å². The molecule has 0 aliphatic carbocycles. The average molecular weight is 385 g/mol. The number of phenols is 1. The van der Waals surface area contributed by atoms with Gasteiger partial charge in [-0.15, -0.1) is 0 Å². The lowest BCUT2D eigenvalue weighted by Gasteiger charge is -2.39. The van der Waals surface area contributed by atoms with E-state index in [2.05, 4.69) is 82.6 Å². The number of hydrogen-bond acceptors (Lipinski definition) is 3. The van der Waals surface area contributed by atoms with Crippen LogP contribution in [0.15, 0.2) is 91.0 Å². The molecule has 4 rings (SSSR count). The Morgan fingerprint density at radius 2 is 1.28 bits per heavy atom. The molecule has 0 bridgehead atoms. The number of nitrogens with zero attached hydrogens (tertiary/aromatic N) is 2. The molecular formula is C26H28N2O. The van der Waals surface area contributed by atoms with E-state index in [0.29, 0.717) is 11.8 Å². The molecular weight excluding hydrogens is 356 g/mol. The van der Waals surface area contributed by atoms with E-state index in [0.717, 1.165) is 38.3 Å². The lowest BCUT2D eigenvalue weighted by atomic mass is 9.96. The number of aromatic hydroxyl groups is 1. The van der Waals surface area contributed by atoms with Gasteiger partial charge >= 0.3 is 0 Å². The molecule has 1 N–H and O–H groups in total. The van der Waals surface area contributed by atoms with E-state index in [1.807, 2.05) is 12.1 Å². The molecule has 3 heteroatoms. The summed E-state index contributed by atoms with van der Waals surface area (Å²) in [4.78, 5) is 5.10. The fourth-order valence-electron chi connectivity index (χ4n) is 4.01. The third-order valence-electron chi connectivity index (χ3n) is 5.57. The van der Waals surface area contributed by atoms with Crippen LogP contribution in [0.4, 0.5) is 0 Å². The van der Waals surface area contributed by atoms with Gasteiger partial charge in [0, 0.05) is 32.7 Å². The summed E-state index contributed by atoms with van der Waals surface area (Å²) in [7, 11) is 0. The molecule has 1 aliphatic heterocycles. The van der Waals surface area contributed by atoms with Crippen molar-refractivity contribution in [2.75, 3.05) is 32.7 Å². The average Bonchev–Trinajstić information content (AvgIpc) is 2.78. The van der Waals surface area contributed by atoms with Crippen molar-refractivity contribution in [2.24, 2.45) is 0 Å². The molecule has 1 saturated heterocycles. The maximum absolute atomic E-state index is 9.38. The largest absolute Gasteiger partial charge is 0.508 e. The fraction of sp³-hybridized carbons (Fsp3) is 0.231. The van der Waals surface area contributed by atoms with E-state index >= 15 is 0 Å². The molecule has 0 saturated carbocycles. The van der Waals surface area contributed by atoms with E-state index < -0.39 is 0 Å². The Hall–Kier alpha value is -2.88. The maximum Gasteiger partial charge on any atom is 0.115 e. The van der Waals surface area contributed by atoms with Crippen LogP contribution < -0.4 is 0 Å². The third-order valence-corrected chi connectivity index (χ3v) is 5.57. The molecule has 1 heterocycles. The van der Waals surface area contributed by atoms with Crippen LogP contribution in [-0.2, 0) is 0 Å². The number of rotatable bonds is 6. The SMILES string of the molecule is Oc1ccc(C=CCN2CCN(C(c3ccccc3)c3ccccc3)CC2)cc1. The normalized spacial score (nSPS) is 15.9. The highest BCUT2D eigenvalue weighted by molar-refractivity contribution is 5.50. The van der Waals surface area contributed by atoms with Crippen molar-refractivity contribution >= 4 is 6.08 Å². The van der Waals surface area contributed by atoms with E-state index in [1.165, 1.54) is 11.1 Å². The topological polar surface area (TPSA) is 26.7 Å². The van der Waals surface area contributed by atoms with Crippen molar-refractivity contribution in [2.45, 2.75) is 6.04 Å². The highest BCUT2D eigenvalue weighted by atomic mass is 16.3. The van der Waals surface area contributed by atoms with Crippen LogP contribution in [0, 0.1) is 0 Å². The molecule has 148 valence electrons. The molecule has 0 aromatic heterocycles. The zero-order chi connectivity index (χ0) is 19.9.